The maximum atomic E-state index is 12.5. The van der Waals surface area contributed by atoms with Crippen LogP contribution in [0.5, 0.6) is 5.75 Å². The van der Waals surface area contributed by atoms with Gasteiger partial charge in [-0.1, -0.05) is 0 Å². The van der Waals surface area contributed by atoms with Gasteiger partial charge in [0.2, 0.25) is 10.0 Å². The highest BCUT2D eigenvalue weighted by molar-refractivity contribution is 7.89. The molecule has 2 atom stereocenters. The number of rotatable bonds is 5. The summed E-state index contributed by atoms with van der Waals surface area (Å²) in [6.07, 6.45) is -0.683. The molecule has 1 aromatic rings. The van der Waals surface area contributed by atoms with Crippen LogP contribution in [0.2, 0.25) is 0 Å². The van der Waals surface area contributed by atoms with Gasteiger partial charge in [-0.25, -0.2) is 8.42 Å². The Kier molecular flexibility index (Phi) is 4.64. The number of aliphatic hydroxyl groups is 1. The number of hydrogen-bond donors (Lipinski definition) is 2. The van der Waals surface area contributed by atoms with Crippen LogP contribution in [-0.4, -0.2) is 56.7 Å². The minimum atomic E-state index is -3.61. The predicted molar refractivity (Wildman–Crippen MR) is 75.2 cm³/mol. The summed E-state index contributed by atoms with van der Waals surface area (Å²) < 4.78 is 31.5. The summed E-state index contributed by atoms with van der Waals surface area (Å²) in [4.78, 5) is 0.197. The average Bonchev–Trinajstić information content (AvgIpc) is 2.85. The normalized spacial score (nSPS) is 23.2. The van der Waals surface area contributed by atoms with Gasteiger partial charge in [0.15, 0.2) is 0 Å². The fourth-order valence-electron chi connectivity index (χ4n) is 2.24. The van der Waals surface area contributed by atoms with Crippen molar-refractivity contribution in [2.24, 2.45) is 0 Å². The lowest BCUT2D eigenvalue weighted by Gasteiger charge is -2.25. The summed E-state index contributed by atoms with van der Waals surface area (Å²) in [5.41, 5.74) is 0. The minimum absolute atomic E-state index is 0.197. The first kappa shape index (κ1) is 15.2. The van der Waals surface area contributed by atoms with Crippen molar-refractivity contribution in [2.45, 2.75) is 24.0 Å². The van der Waals surface area contributed by atoms with Gasteiger partial charge in [-0.15, -0.1) is 0 Å². The summed E-state index contributed by atoms with van der Waals surface area (Å²) in [5.74, 6) is 0.636. The molecule has 7 heteroatoms. The first-order chi connectivity index (χ1) is 9.46. The summed E-state index contributed by atoms with van der Waals surface area (Å²) in [6.45, 7) is 3.26. The van der Waals surface area contributed by atoms with Crippen LogP contribution in [-0.2, 0) is 10.0 Å². The van der Waals surface area contributed by atoms with Crippen molar-refractivity contribution in [3.63, 3.8) is 0 Å². The Morgan fingerprint density at radius 1 is 1.35 bits per heavy atom. The summed E-state index contributed by atoms with van der Waals surface area (Å²) in [6, 6.07) is 5.87. The highest BCUT2D eigenvalue weighted by atomic mass is 32.2. The minimum Gasteiger partial charge on any atom is -0.494 e. The van der Waals surface area contributed by atoms with Gasteiger partial charge >= 0.3 is 0 Å². The number of β-amino-alcohol motifs (C(OH)–C–C–N with tert-alkyl or cyclic N) is 1. The van der Waals surface area contributed by atoms with Crippen LogP contribution < -0.4 is 10.1 Å². The zero-order valence-electron chi connectivity index (χ0n) is 11.6. The molecule has 0 bridgehead atoms. The molecule has 0 amide bonds. The lowest BCUT2D eigenvalue weighted by atomic mass is 10.2. The van der Waals surface area contributed by atoms with E-state index in [0.717, 1.165) is 0 Å². The largest absolute Gasteiger partial charge is 0.494 e. The molecular weight excluding hydrogens is 280 g/mol. The molecule has 0 aliphatic carbocycles. The second kappa shape index (κ2) is 6.09. The molecule has 2 rings (SSSR count). The van der Waals surface area contributed by atoms with E-state index < -0.39 is 22.2 Å². The molecule has 1 aliphatic heterocycles. The van der Waals surface area contributed by atoms with E-state index in [9.17, 15) is 13.5 Å². The number of nitrogens with zero attached hydrogens (tertiary/aromatic N) is 1. The van der Waals surface area contributed by atoms with Crippen LogP contribution in [0.4, 0.5) is 0 Å². The van der Waals surface area contributed by atoms with Crippen molar-refractivity contribution in [1.82, 2.24) is 9.62 Å². The molecule has 20 heavy (non-hydrogen) atoms. The van der Waals surface area contributed by atoms with Crippen LogP contribution in [0.25, 0.3) is 0 Å². The molecule has 112 valence electrons. The Morgan fingerprint density at radius 2 is 2.00 bits per heavy atom. The molecule has 1 heterocycles. The Hall–Kier alpha value is -1.15. The first-order valence-electron chi connectivity index (χ1n) is 6.56. The number of ether oxygens (including phenoxy) is 1. The van der Waals surface area contributed by atoms with Gasteiger partial charge in [-0.05, 0) is 31.2 Å². The third kappa shape index (κ3) is 2.95. The van der Waals surface area contributed by atoms with Crippen molar-refractivity contribution in [2.75, 3.05) is 26.7 Å². The molecule has 0 saturated carbocycles. The second-order valence-corrected chi connectivity index (χ2v) is 6.72. The zero-order chi connectivity index (χ0) is 14.8. The molecule has 1 aromatic carbocycles. The number of sulfonamides is 1. The van der Waals surface area contributed by atoms with Gasteiger partial charge in [0, 0.05) is 20.1 Å². The van der Waals surface area contributed by atoms with Crippen molar-refractivity contribution in [1.29, 1.82) is 0 Å². The standard InChI is InChI=1S/C13H20N2O4S/c1-3-19-10-4-6-11(7-5-10)20(17,18)15(2)12-8-14-9-13(12)16/h4-7,12-14,16H,3,8-9H2,1-2H3/t12-,13-/m0/s1. The van der Waals surface area contributed by atoms with E-state index in [1.807, 2.05) is 6.92 Å². The van der Waals surface area contributed by atoms with Crippen molar-refractivity contribution in [3.8, 4) is 5.75 Å². The quantitative estimate of drug-likeness (QED) is 0.802. The number of benzene rings is 1. The first-order valence-corrected chi connectivity index (χ1v) is 8.00. The van der Waals surface area contributed by atoms with Gasteiger partial charge < -0.3 is 15.2 Å². The highest BCUT2D eigenvalue weighted by Gasteiger charge is 2.35. The molecule has 0 spiro atoms. The maximum absolute atomic E-state index is 12.5. The van der Waals surface area contributed by atoms with E-state index in [4.69, 9.17) is 4.74 Å². The van der Waals surface area contributed by atoms with E-state index in [1.165, 1.54) is 23.5 Å². The number of nitrogens with one attached hydrogen (secondary N) is 1. The Labute approximate surface area is 119 Å². The van der Waals surface area contributed by atoms with Gasteiger partial charge in [-0.2, -0.15) is 4.31 Å². The topological polar surface area (TPSA) is 78.9 Å². The molecule has 1 fully saturated rings. The fourth-order valence-corrected chi connectivity index (χ4v) is 3.63. The second-order valence-electron chi connectivity index (χ2n) is 4.72. The average molecular weight is 300 g/mol. The van der Waals surface area contributed by atoms with E-state index in [1.54, 1.807) is 12.1 Å². The zero-order valence-corrected chi connectivity index (χ0v) is 12.4. The van der Waals surface area contributed by atoms with E-state index in [2.05, 4.69) is 5.32 Å². The van der Waals surface area contributed by atoms with Crippen LogP contribution in [0.15, 0.2) is 29.2 Å². The van der Waals surface area contributed by atoms with Crippen LogP contribution >= 0.6 is 0 Å². The SMILES string of the molecule is CCOc1ccc(S(=O)(=O)N(C)[C@H]2CNC[C@@H]2O)cc1. The third-order valence-electron chi connectivity index (χ3n) is 3.43. The lowest BCUT2D eigenvalue weighted by molar-refractivity contribution is 0.136. The molecule has 1 saturated heterocycles. The van der Waals surface area contributed by atoms with Crippen molar-refractivity contribution >= 4 is 10.0 Å². The van der Waals surface area contributed by atoms with Gasteiger partial charge in [0.1, 0.15) is 5.75 Å². The molecule has 6 nitrogen and oxygen atoms in total. The van der Waals surface area contributed by atoms with Crippen LogP contribution in [0.3, 0.4) is 0 Å². The van der Waals surface area contributed by atoms with E-state index >= 15 is 0 Å². The Bertz CT molecular complexity index is 544. The fraction of sp³-hybridized carbons (Fsp3) is 0.538. The highest BCUT2D eigenvalue weighted by Crippen LogP contribution is 2.22. The number of likely N-dealkylation sites (N-methyl/N-ethyl adjacent to an activating group) is 1. The monoisotopic (exact) mass is 300 g/mol. The molecule has 2 N–H and O–H groups in total. The number of hydrogen-bond acceptors (Lipinski definition) is 5. The van der Waals surface area contributed by atoms with Gasteiger partial charge in [-0.3, -0.25) is 0 Å². The summed E-state index contributed by atoms with van der Waals surface area (Å²) in [7, 11) is -2.12. The van der Waals surface area contributed by atoms with Crippen LogP contribution in [0.1, 0.15) is 6.92 Å². The molecule has 0 unspecified atom stereocenters. The van der Waals surface area contributed by atoms with Gasteiger partial charge in [0.25, 0.3) is 0 Å². The molecular formula is C13H20N2O4S. The van der Waals surface area contributed by atoms with Crippen LogP contribution in [0, 0.1) is 0 Å². The molecule has 0 aromatic heterocycles. The Balaban J connectivity index is 2.20. The van der Waals surface area contributed by atoms with E-state index in [0.29, 0.717) is 25.4 Å². The third-order valence-corrected chi connectivity index (χ3v) is 5.33. The molecule has 0 radical (unpaired) electrons. The smallest absolute Gasteiger partial charge is 0.243 e. The number of aliphatic hydroxyl groups excluding tert-OH is 1. The van der Waals surface area contributed by atoms with Crippen molar-refractivity contribution in [3.05, 3.63) is 24.3 Å². The van der Waals surface area contributed by atoms with E-state index in [-0.39, 0.29) is 4.90 Å². The van der Waals surface area contributed by atoms with Crippen molar-refractivity contribution < 1.29 is 18.3 Å². The Morgan fingerprint density at radius 3 is 2.50 bits per heavy atom. The maximum Gasteiger partial charge on any atom is 0.243 e. The van der Waals surface area contributed by atoms with Gasteiger partial charge in [0.05, 0.1) is 23.6 Å². The lowest BCUT2D eigenvalue weighted by Crippen LogP contribution is -2.44. The summed E-state index contributed by atoms with van der Waals surface area (Å²) in [5, 5.41) is 12.8. The predicted octanol–water partition coefficient (Wildman–Crippen LogP) is 0.0385. The molecule has 1 aliphatic rings. The summed E-state index contributed by atoms with van der Waals surface area (Å²) >= 11 is 0.